The van der Waals surface area contributed by atoms with E-state index >= 15 is 0 Å². The van der Waals surface area contributed by atoms with Crippen LogP contribution in [0, 0.1) is 0 Å². The van der Waals surface area contributed by atoms with E-state index in [2.05, 4.69) is 63.1 Å². The van der Waals surface area contributed by atoms with Gasteiger partial charge in [0.25, 0.3) is 0 Å². The summed E-state index contributed by atoms with van der Waals surface area (Å²) in [5.41, 5.74) is 2.27. The van der Waals surface area contributed by atoms with E-state index in [-0.39, 0.29) is 6.29 Å². The van der Waals surface area contributed by atoms with Crippen molar-refractivity contribution in [3.05, 3.63) is 77.4 Å². The number of nitrogens with one attached hydrogen (secondary N) is 1. The Morgan fingerprint density at radius 3 is 1.62 bits per heavy atom. The summed E-state index contributed by atoms with van der Waals surface area (Å²) >= 11 is 22.2. The summed E-state index contributed by atoms with van der Waals surface area (Å²) in [5.74, 6) is 0.603. The number of pyridine rings is 2. The number of hydrogen-bond donors (Lipinski definition) is 1. The van der Waals surface area contributed by atoms with E-state index in [9.17, 15) is 0 Å². The van der Waals surface area contributed by atoms with Crippen LogP contribution in [0.25, 0.3) is 0 Å². The van der Waals surface area contributed by atoms with Gasteiger partial charge in [0.15, 0.2) is 12.6 Å². The molecule has 0 spiro atoms. The maximum atomic E-state index is 6.12. The van der Waals surface area contributed by atoms with Gasteiger partial charge in [-0.15, -0.1) is 0 Å². The van der Waals surface area contributed by atoms with Crippen molar-refractivity contribution in [3.8, 4) is 0 Å². The third-order valence-electron chi connectivity index (χ3n) is 4.30. The molecular formula is C22H22Br3Cl2N3O4. The molecule has 0 bridgehead atoms. The maximum Gasteiger partial charge on any atom is 0.185 e. The molecule has 7 nitrogen and oxygen atoms in total. The molecule has 1 N–H and O–H groups in total. The number of halogens is 5. The third kappa shape index (κ3) is 8.11. The van der Waals surface area contributed by atoms with Gasteiger partial charge in [0, 0.05) is 39.6 Å². The first-order chi connectivity index (χ1) is 16.2. The third-order valence-corrected chi connectivity index (χ3v) is 6.64. The molecule has 1 aromatic carbocycles. The Morgan fingerprint density at radius 2 is 1.18 bits per heavy atom. The molecule has 0 atom stereocenters. The Hall–Kier alpha value is -0.820. The van der Waals surface area contributed by atoms with Gasteiger partial charge in [-0.25, -0.2) is 9.97 Å². The lowest BCUT2D eigenvalue weighted by atomic mass is 10.2. The molecule has 0 aliphatic heterocycles. The van der Waals surface area contributed by atoms with Crippen molar-refractivity contribution in [3.63, 3.8) is 0 Å². The van der Waals surface area contributed by atoms with Crippen LogP contribution in [0.1, 0.15) is 23.7 Å². The number of nitrogens with zero attached hydrogens (tertiary/aromatic N) is 2. The van der Waals surface area contributed by atoms with Gasteiger partial charge in [0.2, 0.25) is 0 Å². The van der Waals surface area contributed by atoms with E-state index in [0.29, 0.717) is 26.2 Å². The number of methoxy groups -OCH3 is 4. The van der Waals surface area contributed by atoms with Gasteiger partial charge in [-0.05, 0) is 84.2 Å². The van der Waals surface area contributed by atoms with Gasteiger partial charge in [-0.3, -0.25) is 0 Å². The van der Waals surface area contributed by atoms with E-state index in [4.69, 9.17) is 42.1 Å². The van der Waals surface area contributed by atoms with Crippen LogP contribution < -0.4 is 5.32 Å². The number of aromatic nitrogens is 2. The highest BCUT2D eigenvalue weighted by molar-refractivity contribution is 9.11. The summed E-state index contributed by atoms with van der Waals surface area (Å²) in [6, 6.07) is 12.7. The molecule has 2 heterocycles. The topological polar surface area (TPSA) is 74.7 Å². The average molecular weight is 703 g/mol. The lowest BCUT2D eigenvalue weighted by Gasteiger charge is -2.16. The molecule has 0 aliphatic rings. The predicted octanol–water partition coefficient (Wildman–Crippen LogP) is 8.08. The zero-order valence-electron chi connectivity index (χ0n) is 18.6. The molecule has 184 valence electrons. The Labute approximate surface area is 233 Å². The molecule has 0 radical (unpaired) electrons. The summed E-state index contributed by atoms with van der Waals surface area (Å²) in [5, 5.41) is 4.15. The highest BCUT2D eigenvalue weighted by Gasteiger charge is 2.15. The second-order valence-electron chi connectivity index (χ2n) is 6.42. The quantitative estimate of drug-likeness (QED) is 0.188. The fourth-order valence-corrected chi connectivity index (χ4v) is 4.79. The van der Waals surface area contributed by atoms with Gasteiger partial charge in [-0.2, -0.15) is 0 Å². The predicted molar refractivity (Wildman–Crippen MR) is 145 cm³/mol. The largest absolute Gasteiger partial charge is 0.352 e. The van der Waals surface area contributed by atoms with Crippen molar-refractivity contribution in [2.75, 3.05) is 33.8 Å². The van der Waals surface area contributed by atoms with E-state index in [1.54, 1.807) is 52.7 Å². The van der Waals surface area contributed by atoms with Gasteiger partial charge in [0.1, 0.15) is 19.6 Å². The van der Waals surface area contributed by atoms with Crippen LogP contribution in [-0.4, -0.2) is 38.4 Å². The van der Waals surface area contributed by atoms with Crippen LogP contribution in [0.2, 0.25) is 10.0 Å². The summed E-state index contributed by atoms with van der Waals surface area (Å²) < 4.78 is 22.7. The van der Waals surface area contributed by atoms with Crippen LogP contribution in [-0.2, 0) is 18.9 Å². The monoisotopic (exact) mass is 699 g/mol. The number of rotatable bonds is 8. The molecule has 0 amide bonds. The lowest BCUT2D eigenvalue weighted by Crippen LogP contribution is -2.06. The molecule has 2 aromatic heterocycles. The highest BCUT2D eigenvalue weighted by Crippen LogP contribution is 2.33. The average Bonchev–Trinajstić information content (AvgIpc) is 2.81. The van der Waals surface area contributed by atoms with Gasteiger partial charge in [-0.1, -0.05) is 29.3 Å². The van der Waals surface area contributed by atoms with Gasteiger partial charge < -0.3 is 24.3 Å². The highest BCUT2D eigenvalue weighted by atomic mass is 79.9. The molecule has 0 saturated heterocycles. The zero-order valence-corrected chi connectivity index (χ0v) is 24.9. The van der Waals surface area contributed by atoms with Crippen LogP contribution in [0.3, 0.4) is 0 Å². The van der Waals surface area contributed by atoms with Crippen molar-refractivity contribution in [1.82, 2.24) is 9.97 Å². The van der Waals surface area contributed by atoms with Gasteiger partial charge >= 0.3 is 0 Å². The van der Waals surface area contributed by atoms with Gasteiger partial charge in [0.05, 0.1) is 15.7 Å². The molecule has 0 aliphatic carbocycles. The van der Waals surface area contributed by atoms with Crippen molar-refractivity contribution < 1.29 is 18.9 Å². The first kappa shape index (κ1) is 29.4. The first-order valence-corrected chi connectivity index (χ1v) is 12.7. The number of benzene rings is 1. The number of hydrogen-bond acceptors (Lipinski definition) is 7. The summed E-state index contributed by atoms with van der Waals surface area (Å²) in [6.45, 7) is 0. The number of ether oxygens (including phenoxy) is 4. The van der Waals surface area contributed by atoms with E-state index in [1.165, 1.54) is 0 Å². The summed E-state index contributed by atoms with van der Waals surface area (Å²) in [6.07, 6.45) is -0.861. The minimum absolute atomic E-state index is 0.380. The van der Waals surface area contributed by atoms with Crippen LogP contribution in [0.15, 0.2) is 56.3 Å². The first-order valence-electron chi connectivity index (χ1n) is 9.56. The van der Waals surface area contributed by atoms with E-state index in [1.807, 2.05) is 18.2 Å². The molecule has 0 fully saturated rings. The summed E-state index contributed by atoms with van der Waals surface area (Å²) in [7, 11) is 6.30. The van der Waals surface area contributed by atoms with Crippen LogP contribution in [0.5, 0.6) is 0 Å². The van der Waals surface area contributed by atoms with Crippen molar-refractivity contribution in [2.24, 2.45) is 0 Å². The second kappa shape index (κ2) is 14.7. The molecule has 0 unspecified atom stereocenters. The van der Waals surface area contributed by atoms with E-state index < -0.39 is 6.29 Å². The fraction of sp³-hybridized carbons (Fsp3) is 0.273. The molecule has 34 heavy (non-hydrogen) atoms. The number of anilines is 2. The normalized spacial score (nSPS) is 10.9. The lowest BCUT2D eigenvalue weighted by molar-refractivity contribution is -0.106. The standard InChI is InChI=1S/C14H13BrCl2N2O2.C8H9Br2NO2/c1-20-14(21-2)8-6-7-11(19-13(8)15)18-12-9(16)4-3-5-10(12)17;1-12-8(13-2)5-3-4-6(9)11-7(5)10/h3-7,14H,1-2H3,(H,18,19);3-4,8H,1-2H3. The second-order valence-corrected chi connectivity index (χ2v) is 9.55. The summed E-state index contributed by atoms with van der Waals surface area (Å²) in [4.78, 5) is 8.56. The molecular weight excluding hydrogens is 681 g/mol. The number of para-hydroxylation sites is 1. The van der Waals surface area contributed by atoms with Crippen LogP contribution >= 0.6 is 71.0 Å². The van der Waals surface area contributed by atoms with Crippen LogP contribution in [0.4, 0.5) is 11.5 Å². The fourth-order valence-electron chi connectivity index (χ4n) is 2.73. The minimum Gasteiger partial charge on any atom is -0.352 e. The molecule has 3 aromatic rings. The van der Waals surface area contributed by atoms with Crippen molar-refractivity contribution in [2.45, 2.75) is 12.6 Å². The Morgan fingerprint density at radius 1 is 0.706 bits per heavy atom. The van der Waals surface area contributed by atoms with E-state index in [0.717, 1.165) is 20.3 Å². The Balaban J connectivity index is 0.000000270. The minimum atomic E-state index is -0.482. The molecule has 12 heteroatoms. The van der Waals surface area contributed by atoms with Crippen molar-refractivity contribution in [1.29, 1.82) is 0 Å². The van der Waals surface area contributed by atoms with Crippen molar-refractivity contribution >= 4 is 82.5 Å². The Kier molecular flexibility index (Phi) is 12.7. The zero-order chi connectivity index (χ0) is 25.3. The molecule has 0 saturated carbocycles. The maximum absolute atomic E-state index is 6.12. The smallest absolute Gasteiger partial charge is 0.185 e. The SMILES string of the molecule is COC(OC)c1ccc(Br)nc1Br.COC(OC)c1ccc(Nc2c(Cl)cccc2Cl)nc1Br. The Bertz CT molecular complexity index is 1070. The molecule has 3 rings (SSSR count).